The van der Waals surface area contributed by atoms with Crippen molar-refractivity contribution in [3.63, 3.8) is 0 Å². The number of fused-ring (bicyclic) bond motifs is 1. The first-order valence-electron chi connectivity index (χ1n) is 9.62. The van der Waals surface area contributed by atoms with Gasteiger partial charge in [-0.05, 0) is 62.2 Å². The van der Waals surface area contributed by atoms with Crippen LogP contribution in [-0.4, -0.2) is 40.2 Å². The van der Waals surface area contributed by atoms with Crippen LogP contribution in [0.1, 0.15) is 55.5 Å². The number of imide groups is 1. The molecular formula is C21H20F2N2O4S. The number of ketones is 1. The monoisotopic (exact) mass is 434 g/mol. The fourth-order valence-corrected chi connectivity index (χ4v) is 4.85. The number of allylic oxidation sites excluding steroid dienone is 1. The molecular weight excluding hydrogens is 414 g/mol. The largest absolute Gasteiger partial charge is 0.325 e. The van der Waals surface area contributed by atoms with Crippen molar-refractivity contribution >= 4 is 40.3 Å². The van der Waals surface area contributed by atoms with E-state index in [1.54, 1.807) is 32.0 Å². The molecule has 0 radical (unpaired) electrons. The number of anilines is 1. The molecule has 1 saturated carbocycles. The summed E-state index contributed by atoms with van der Waals surface area (Å²) in [7, 11) is 0. The number of carbonyl (C=O) groups is 4. The summed E-state index contributed by atoms with van der Waals surface area (Å²) in [6, 6.07) is 4.78. The maximum Gasteiger partial charge on any atom is 0.293 e. The molecule has 2 aliphatic heterocycles. The second kappa shape index (κ2) is 7.01. The van der Waals surface area contributed by atoms with Gasteiger partial charge in [0.1, 0.15) is 0 Å². The molecule has 2 fully saturated rings. The van der Waals surface area contributed by atoms with E-state index >= 15 is 0 Å². The van der Waals surface area contributed by atoms with Gasteiger partial charge in [-0.2, -0.15) is 0 Å². The van der Waals surface area contributed by atoms with E-state index in [1.807, 2.05) is 0 Å². The number of hydrogen-bond donors (Lipinski definition) is 1. The molecule has 9 heteroatoms. The summed E-state index contributed by atoms with van der Waals surface area (Å²) in [6.45, 7) is 3.07. The summed E-state index contributed by atoms with van der Waals surface area (Å²) in [5.74, 6) is -3.94. The number of hydrogen-bond acceptors (Lipinski definition) is 5. The van der Waals surface area contributed by atoms with Crippen molar-refractivity contribution in [2.24, 2.45) is 0 Å². The molecule has 30 heavy (non-hydrogen) atoms. The van der Waals surface area contributed by atoms with Crippen molar-refractivity contribution in [2.75, 3.05) is 11.9 Å². The smallest absolute Gasteiger partial charge is 0.293 e. The minimum Gasteiger partial charge on any atom is -0.325 e. The van der Waals surface area contributed by atoms with E-state index in [2.05, 4.69) is 5.32 Å². The molecule has 2 heterocycles. The van der Waals surface area contributed by atoms with Crippen molar-refractivity contribution in [1.82, 2.24) is 4.90 Å². The minimum absolute atomic E-state index is 0.0665. The lowest BCUT2D eigenvalue weighted by Crippen LogP contribution is -2.34. The highest BCUT2D eigenvalue weighted by molar-refractivity contribution is 8.18. The molecule has 0 atom stereocenters. The Morgan fingerprint density at radius 1 is 1.17 bits per heavy atom. The van der Waals surface area contributed by atoms with Crippen LogP contribution in [0.3, 0.4) is 0 Å². The second-order valence-corrected chi connectivity index (χ2v) is 9.27. The van der Waals surface area contributed by atoms with Gasteiger partial charge in [-0.3, -0.25) is 24.1 Å². The fourth-order valence-electron chi connectivity index (χ4n) is 3.88. The van der Waals surface area contributed by atoms with Crippen molar-refractivity contribution in [1.29, 1.82) is 0 Å². The predicted octanol–water partition coefficient (Wildman–Crippen LogP) is 4.26. The molecule has 0 aromatic heterocycles. The van der Waals surface area contributed by atoms with E-state index < -0.39 is 34.8 Å². The van der Waals surface area contributed by atoms with E-state index in [4.69, 9.17) is 0 Å². The summed E-state index contributed by atoms with van der Waals surface area (Å²) in [5.41, 5.74) is 1.37. The SMILES string of the molecule is CC1(C)C(=O)Nc2ccc(C(=O)CN3C(=O)SC(=C4CCC(F)(F)CC4)C3=O)cc21. The topological polar surface area (TPSA) is 83.6 Å². The number of alkyl halides is 2. The van der Waals surface area contributed by atoms with Crippen LogP contribution in [0.15, 0.2) is 28.7 Å². The van der Waals surface area contributed by atoms with Crippen LogP contribution in [0.2, 0.25) is 0 Å². The Kier molecular flexibility index (Phi) is 4.84. The molecule has 6 nitrogen and oxygen atoms in total. The average Bonchev–Trinajstić information content (AvgIpc) is 3.08. The highest BCUT2D eigenvalue weighted by Gasteiger charge is 2.42. The van der Waals surface area contributed by atoms with Gasteiger partial charge in [0.2, 0.25) is 11.8 Å². The Hall–Kier alpha value is -2.55. The van der Waals surface area contributed by atoms with Gasteiger partial charge < -0.3 is 5.32 Å². The standard InChI is InChI=1S/C21H20F2N2O4S/c1-20(2)13-9-12(3-4-14(13)24-18(20)28)15(26)10-25-17(27)16(30-19(25)29)11-5-7-21(22,23)8-6-11/h3-4,9H,5-8,10H2,1-2H3,(H,24,28). The molecule has 1 aromatic rings. The number of benzene rings is 1. The van der Waals surface area contributed by atoms with Gasteiger partial charge in [0.15, 0.2) is 5.78 Å². The first-order chi connectivity index (χ1) is 14.0. The van der Waals surface area contributed by atoms with Crippen LogP contribution in [0.25, 0.3) is 0 Å². The summed E-state index contributed by atoms with van der Waals surface area (Å²) >= 11 is 0.711. The molecule has 158 valence electrons. The maximum absolute atomic E-state index is 13.4. The van der Waals surface area contributed by atoms with Crippen LogP contribution < -0.4 is 5.32 Å². The van der Waals surface area contributed by atoms with Crippen LogP contribution in [0.4, 0.5) is 19.3 Å². The molecule has 1 aromatic carbocycles. The van der Waals surface area contributed by atoms with Gasteiger partial charge in [-0.1, -0.05) is 5.57 Å². The normalized spacial score (nSPS) is 22.4. The third-order valence-corrected chi connectivity index (χ3v) is 6.95. The van der Waals surface area contributed by atoms with Crippen LogP contribution in [0.5, 0.6) is 0 Å². The van der Waals surface area contributed by atoms with E-state index in [1.165, 1.54) is 0 Å². The number of thioether (sulfide) groups is 1. The van der Waals surface area contributed by atoms with Gasteiger partial charge in [-0.15, -0.1) is 0 Å². The van der Waals surface area contributed by atoms with Gasteiger partial charge in [0.25, 0.3) is 11.1 Å². The van der Waals surface area contributed by atoms with Gasteiger partial charge >= 0.3 is 0 Å². The van der Waals surface area contributed by atoms with Crippen LogP contribution in [-0.2, 0) is 15.0 Å². The molecule has 3 aliphatic rings. The number of Topliss-reactive ketones (excluding diaryl/α,β-unsaturated/α-hetero) is 1. The Bertz CT molecular complexity index is 1020. The van der Waals surface area contributed by atoms with E-state index in [0.29, 0.717) is 34.1 Å². The molecule has 1 aliphatic carbocycles. The molecule has 0 unspecified atom stereocenters. The van der Waals surface area contributed by atoms with E-state index in [-0.39, 0.29) is 36.5 Å². The third kappa shape index (κ3) is 3.45. The molecule has 1 N–H and O–H groups in total. The molecule has 3 amide bonds. The summed E-state index contributed by atoms with van der Waals surface area (Å²) in [5, 5.41) is 2.18. The number of carbonyl (C=O) groups excluding carboxylic acids is 4. The fraction of sp³-hybridized carbons (Fsp3) is 0.429. The summed E-state index contributed by atoms with van der Waals surface area (Å²) in [6.07, 6.45) is -0.553. The predicted molar refractivity (Wildman–Crippen MR) is 108 cm³/mol. The Morgan fingerprint density at radius 2 is 1.83 bits per heavy atom. The van der Waals surface area contributed by atoms with Crippen molar-refractivity contribution in [2.45, 2.75) is 50.9 Å². The van der Waals surface area contributed by atoms with Gasteiger partial charge in [0, 0.05) is 24.1 Å². The van der Waals surface area contributed by atoms with Gasteiger partial charge in [-0.25, -0.2) is 8.78 Å². The highest BCUT2D eigenvalue weighted by atomic mass is 32.2. The highest BCUT2D eigenvalue weighted by Crippen LogP contribution is 2.42. The van der Waals surface area contributed by atoms with Crippen LogP contribution >= 0.6 is 11.8 Å². The van der Waals surface area contributed by atoms with Gasteiger partial charge in [0.05, 0.1) is 16.9 Å². The summed E-state index contributed by atoms with van der Waals surface area (Å²) in [4.78, 5) is 50.9. The van der Waals surface area contributed by atoms with E-state index in [0.717, 1.165) is 4.90 Å². The minimum atomic E-state index is -2.74. The zero-order valence-electron chi connectivity index (χ0n) is 16.5. The lowest BCUT2D eigenvalue weighted by molar-refractivity contribution is -0.122. The maximum atomic E-state index is 13.4. The Labute approximate surface area is 176 Å². The number of rotatable bonds is 3. The van der Waals surface area contributed by atoms with Crippen molar-refractivity contribution in [3.05, 3.63) is 39.8 Å². The zero-order chi connectivity index (χ0) is 21.8. The number of halogens is 2. The third-order valence-electron chi connectivity index (χ3n) is 5.89. The van der Waals surface area contributed by atoms with Crippen LogP contribution in [0, 0.1) is 0 Å². The summed E-state index contributed by atoms with van der Waals surface area (Å²) < 4.78 is 26.8. The lowest BCUT2D eigenvalue weighted by Gasteiger charge is -2.24. The van der Waals surface area contributed by atoms with Crippen molar-refractivity contribution in [3.8, 4) is 0 Å². The zero-order valence-corrected chi connectivity index (χ0v) is 17.3. The quantitative estimate of drug-likeness (QED) is 0.568. The lowest BCUT2D eigenvalue weighted by atomic mass is 9.85. The number of nitrogens with one attached hydrogen (secondary N) is 1. The second-order valence-electron chi connectivity index (χ2n) is 8.31. The molecule has 4 rings (SSSR count). The first-order valence-corrected chi connectivity index (χ1v) is 10.4. The van der Waals surface area contributed by atoms with Crippen molar-refractivity contribution < 1.29 is 28.0 Å². The molecule has 0 bridgehead atoms. The first kappa shape index (κ1) is 20.7. The number of amides is 3. The average molecular weight is 434 g/mol. The van der Waals surface area contributed by atoms with E-state index in [9.17, 15) is 28.0 Å². The Morgan fingerprint density at radius 3 is 2.50 bits per heavy atom. The number of nitrogens with zero attached hydrogens (tertiary/aromatic N) is 1. The Balaban J connectivity index is 1.52. The molecule has 0 spiro atoms. The molecule has 1 saturated heterocycles.